The summed E-state index contributed by atoms with van der Waals surface area (Å²) >= 11 is 0. The molecule has 5 heteroatoms. The van der Waals surface area contributed by atoms with Gasteiger partial charge >= 0.3 is 0 Å². The molecule has 2 amide bonds. The van der Waals surface area contributed by atoms with Gasteiger partial charge in [0.25, 0.3) is 0 Å². The van der Waals surface area contributed by atoms with Crippen LogP contribution in [0.2, 0.25) is 0 Å². The van der Waals surface area contributed by atoms with E-state index in [1.807, 2.05) is 60.7 Å². The van der Waals surface area contributed by atoms with Crippen LogP contribution in [0.5, 0.6) is 0 Å². The van der Waals surface area contributed by atoms with Gasteiger partial charge in [0.15, 0.2) is 0 Å². The lowest BCUT2D eigenvalue weighted by Crippen LogP contribution is -2.52. The predicted molar refractivity (Wildman–Crippen MR) is 136 cm³/mol. The fourth-order valence-electron chi connectivity index (χ4n) is 4.77. The number of halogens is 1. The number of carbonyl (C=O) groups is 2. The van der Waals surface area contributed by atoms with Gasteiger partial charge in [-0.15, -0.1) is 0 Å². The Balaban J connectivity index is 1.61. The van der Waals surface area contributed by atoms with E-state index in [4.69, 9.17) is 0 Å². The molecule has 0 aliphatic heterocycles. The smallest absolute Gasteiger partial charge is 0.243 e. The number of amides is 2. The summed E-state index contributed by atoms with van der Waals surface area (Å²) < 4.78 is 14.6. The molecule has 0 radical (unpaired) electrons. The maximum absolute atomic E-state index is 14.6. The van der Waals surface area contributed by atoms with Crippen LogP contribution in [0, 0.1) is 5.82 Å². The highest BCUT2D eigenvalue weighted by atomic mass is 19.1. The van der Waals surface area contributed by atoms with Crippen LogP contribution in [0.15, 0.2) is 84.9 Å². The van der Waals surface area contributed by atoms with E-state index in [1.54, 1.807) is 23.1 Å². The average molecular weight is 473 g/mol. The van der Waals surface area contributed by atoms with E-state index in [-0.39, 0.29) is 36.6 Å². The normalized spacial score (nSPS) is 14.4. The molecule has 0 bridgehead atoms. The second-order valence-electron chi connectivity index (χ2n) is 9.29. The Labute approximate surface area is 207 Å². The topological polar surface area (TPSA) is 49.4 Å². The molecule has 1 N–H and O–H groups in total. The van der Waals surface area contributed by atoms with Crippen molar-refractivity contribution in [3.8, 4) is 0 Å². The van der Waals surface area contributed by atoms with Gasteiger partial charge in [-0.1, -0.05) is 91.7 Å². The summed E-state index contributed by atoms with van der Waals surface area (Å²) in [7, 11) is 0. The first kappa shape index (κ1) is 24.6. The Hall–Kier alpha value is -3.47. The van der Waals surface area contributed by atoms with E-state index in [1.165, 1.54) is 6.07 Å². The van der Waals surface area contributed by atoms with Crippen LogP contribution in [0.25, 0.3) is 0 Å². The highest BCUT2D eigenvalue weighted by molar-refractivity contribution is 5.88. The van der Waals surface area contributed by atoms with Crippen molar-refractivity contribution in [2.75, 3.05) is 0 Å². The molecule has 0 aromatic heterocycles. The maximum Gasteiger partial charge on any atom is 0.243 e. The molecule has 1 atom stereocenters. The molecular formula is C30H33FN2O2. The molecule has 1 aliphatic carbocycles. The summed E-state index contributed by atoms with van der Waals surface area (Å²) in [6, 6.07) is 25.4. The molecule has 1 fully saturated rings. The Morgan fingerprint density at radius 3 is 2.11 bits per heavy atom. The number of nitrogens with zero attached hydrogens (tertiary/aromatic N) is 1. The van der Waals surface area contributed by atoms with Gasteiger partial charge in [-0.25, -0.2) is 4.39 Å². The van der Waals surface area contributed by atoms with Crippen LogP contribution in [0.3, 0.4) is 0 Å². The number of rotatable bonds is 10. The Morgan fingerprint density at radius 2 is 1.46 bits per heavy atom. The van der Waals surface area contributed by atoms with Gasteiger partial charge in [-0.3, -0.25) is 9.59 Å². The predicted octanol–water partition coefficient (Wildman–Crippen LogP) is 5.46. The van der Waals surface area contributed by atoms with Gasteiger partial charge in [0.05, 0.1) is 0 Å². The minimum atomic E-state index is -0.721. The minimum absolute atomic E-state index is 0.0515. The molecular weight excluding hydrogens is 439 g/mol. The van der Waals surface area contributed by atoms with Crippen molar-refractivity contribution in [2.24, 2.45) is 0 Å². The molecule has 4 rings (SSSR count). The molecule has 1 aliphatic rings. The third-order valence-electron chi connectivity index (χ3n) is 6.74. The number of carbonyl (C=O) groups excluding carboxylic acids is 2. The molecule has 0 spiro atoms. The van der Waals surface area contributed by atoms with Gasteiger partial charge in [0.1, 0.15) is 11.9 Å². The lowest BCUT2D eigenvalue weighted by molar-refractivity contribution is -0.141. The molecule has 182 valence electrons. The van der Waals surface area contributed by atoms with Crippen LogP contribution in [0.1, 0.15) is 48.8 Å². The van der Waals surface area contributed by atoms with Crippen molar-refractivity contribution < 1.29 is 14.0 Å². The second kappa shape index (κ2) is 12.3. The number of benzene rings is 3. The van der Waals surface area contributed by atoms with Crippen molar-refractivity contribution >= 4 is 11.8 Å². The zero-order valence-corrected chi connectivity index (χ0v) is 20.0. The van der Waals surface area contributed by atoms with E-state index >= 15 is 0 Å². The number of aryl methyl sites for hydroxylation is 1. The lowest BCUT2D eigenvalue weighted by Gasteiger charge is -2.32. The van der Waals surface area contributed by atoms with E-state index < -0.39 is 6.04 Å². The van der Waals surface area contributed by atoms with Crippen molar-refractivity contribution in [1.29, 1.82) is 0 Å². The van der Waals surface area contributed by atoms with Gasteiger partial charge in [-0.05, 0) is 36.5 Å². The number of hydrogen-bond donors (Lipinski definition) is 1. The summed E-state index contributed by atoms with van der Waals surface area (Å²) in [5.74, 6) is -0.687. The molecule has 3 aromatic carbocycles. The average Bonchev–Trinajstić information content (AvgIpc) is 3.40. The van der Waals surface area contributed by atoms with Crippen molar-refractivity contribution in [2.45, 2.75) is 63.6 Å². The Kier molecular flexibility index (Phi) is 8.66. The van der Waals surface area contributed by atoms with Gasteiger partial charge in [0.2, 0.25) is 11.8 Å². The van der Waals surface area contributed by atoms with Crippen LogP contribution in [-0.2, 0) is 29.0 Å². The molecule has 1 saturated carbocycles. The van der Waals surface area contributed by atoms with Gasteiger partial charge in [-0.2, -0.15) is 0 Å². The maximum atomic E-state index is 14.6. The van der Waals surface area contributed by atoms with Crippen LogP contribution >= 0.6 is 0 Å². The first-order chi connectivity index (χ1) is 17.1. The summed E-state index contributed by atoms with van der Waals surface area (Å²) in [5.41, 5.74) is 2.43. The lowest BCUT2D eigenvalue weighted by atomic mass is 10.0. The molecule has 0 heterocycles. The Bertz CT molecular complexity index is 1100. The highest BCUT2D eigenvalue weighted by Gasteiger charge is 2.32. The van der Waals surface area contributed by atoms with Crippen LogP contribution < -0.4 is 5.32 Å². The molecule has 0 saturated heterocycles. The van der Waals surface area contributed by atoms with Gasteiger partial charge in [0, 0.05) is 31.0 Å². The first-order valence-electron chi connectivity index (χ1n) is 12.5. The SMILES string of the molecule is O=C(NC1CCCC1)[C@H](Cc1ccccc1)N(Cc1ccccc1F)C(=O)CCc1ccccc1. The fourth-order valence-corrected chi connectivity index (χ4v) is 4.77. The summed E-state index contributed by atoms with van der Waals surface area (Å²) in [4.78, 5) is 28.8. The van der Waals surface area contributed by atoms with E-state index in [0.717, 1.165) is 36.8 Å². The standard InChI is InChI=1S/C30H33FN2O2/c31-27-18-10-7-15-25(27)22-33(29(34)20-19-23-11-3-1-4-12-23)28(21-24-13-5-2-6-14-24)30(35)32-26-16-8-9-17-26/h1-7,10-15,18,26,28H,8-9,16-17,19-22H2,(H,32,35)/t28-/m0/s1. The zero-order chi connectivity index (χ0) is 24.5. The summed E-state index contributed by atoms with van der Waals surface area (Å²) in [5, 5.41) is 3.18. The largest absolute Gasteiger partial charge is 0.352 e. The fraction of sp³-hybridized carbons (Fsp3) is 0.333. The van der Waals surface area contributed by atoms with Crippen molar-refractivity contribution in [1.82, 2.24) is 10.2 Å². The number of nitrogens with one attached hydrogen (secondary N) is 1. The summed E-state index contributed by atoms with van der Waals surface area (Å²) in [6.07, 6.45) is 5.31. The van der Waals surface area contributed by atoms with E-state index in [9.17, 15) is 14.0 Å². The molecule has 4 nitrogen and oxygen atoms in total. The van der Waals surface area contributed by atoms with Gasteiger partial charge < -0.3 is 10.2 Å². The molecule has 0 unspecified atom stereocenters. The summed E-state index contributed by atoms with van der Waals surface area (Å²) in [6.45, 7) is 0.0515. The highest BCUT2D eigenvalue weighted by Crippen LogP contribution is 2.21. The molecule has 3 aromatic rings. The van der Waals surface area contributed by atoms with Crippen molar-refractivity contribution in [3.05, 3.63) is 107 Å². The molecule has 35 heavy (non-hydrogen) atoms. The third-order valence-corrected chi connectivity index (χ3v) is 6.74. The third kappa shape index (κ3) is 7.01. The minimum Gasteiger partial charge on any atom is -0.352 e. The Morgan fingerprint density at radius 1 is 0.857 bits per heavy atom. The van der Waals surface area contributed by atoms with Crippen LogP contribution in [0.4, 0.5) is 4.39 Å². The monoisotopic (exact) mass is 472 g/mol. The van der Waals surface area contributed by atoms with E-state index in [2.05, 4.69) is 5.32 Å². The van der Waals surface area contributed by atoms with E-state index in [0.29, 0.717) is 18.4 Å². The van der Waals surface area contributed by atoms with Crippen molar-refractivity contribution in [3.63, 3.8) is 0 Å². The first-order valence-corrected chi connectivity index (χ1v) is 12.5. The quantitative estimate of drug-likeness (QED) is 0.426. The second-order valence-corrected chi connectivity index (χ2v) is 9.29. The van der Waals surface area contributed by atoms with Crippen LogP contribution in [-0.4, -0.2) is 28.8 Å². The number of hydrogen-bond acceptors (Lipinski definition) is 2. The zero-order valence-electron chi connectivity index (χ0n) is 20.0.